The Balaban J connectivity index is 2.02. The van der Waals surface area contributed by atoms with Gasteiger partial charge < -0.3 is 16.2 Å². The number of aromatic hydroxyl groups is 1. The Hall–Kier alpha value is -1.55. The van der Waals surface area contributed by atoms with Crippen molar-refractivity contribution >= 4 is 11.6 Å². The van der Waals surface area contributed by atoms with Crippen LogP contribution in [0.5, 0.6) is 5.75 Å². The summed E-state index contributed by atoms with van der Waals surface area (Å²) in [6, 6.07) is 3.71. The topological polar surface area (TPSA) is 75.3 Å². The van der Waals surface area contributed by atoms with Gasteiger partial charge in [-0.1, -0.05) is 6.07 Å². The molecule has 1 aromatic rings. The van der Waals surface area contributed by atoms with Gasteiger partial charge in [-0.05, 0) is 69.2 Å². The summed E-state index contributed by atoms with van der Waals surface area (Å²) in [4.78, 5) is 12.3. The Morgan fingerprint density at radius 3 is 2.55 bits per heavy atom. The molecule has 0 aromatic heterocycles. The molecule has 1 aliphatic rings. The van der Waals surface area contributed by atoms with Crippen molar-refractivity contribution in [3.63, 3.8) is 0 Å². The van der Waals surface area contributed by atoms with Crippen molar-refractivity contribution in [3.8, 4) is 5.75 Å². The summed E-state index contributed by atoms with van der Waals surface area (Å²) >= 11 is 0. The lowest BCUT2D eigenvalue weighted by Crippen LogP contribution is -2.29. The zero-order valence-corrected chi connectivity index (χ0v) is 12.3. The third-order valence-electron chi connectivity index (χ3n) is 4.25. The highest BCUT2D eigenvalue weighted by atomic mass is 16.3. The van der Waals surface area contributed by atoms with Crippen LogP contribution >= 0.6 is 0 Å². The molecule has 110 valence electrons. The molecule has 20 heavy (non-hydrogen) atoms. The van der Waals surface area contributed by atoms with Gasteiger partial charge >= 0.3 is 0 Å². The number of phenolic OH excluding ortho intramolecular Hbond substituents is 1. The Morgan fingerprint density at radius 1 is 1.30 bits per heavy atom. The van der Waals surface area contributed by atoms with E-state index in [0.717, 1.165) is 36.8 Å². The summed E-state index contributed by atoms with van der Waals surface area (Å²) in [7, 11) is 0. The van der Waals surface area contributed by atoms with Crippen LogP contribution in [0, 0.1) is 25.7 Å². The molecule has 4 N–H and O–H groups in total. The highest BCUT2D eigenvalue weighted by Gasteiger charge is 2.26. The lowest BCUT2D eigenvalue weighted by Gasteiger charge is -2.27. The molecule has 4 nitrogen and oxygen atoms in total. The molecular weight excluding hydrogens is 252 g/mol. The second-order valence-electron chi connectivity index (χ2n) is 5.92. The average molecular weight is 276 g/mol. The minimum atomic E-state index is 0.0146. The molecule has 1 saturated carbocycles. The number of aryl methyl sites for hydroxylation is 2. The van der Waals surface area contributed by atoms with Gasteiger partial charge in [0.05, 0.1) is 5.69 Å². The van der Waals surface area contributed by atoms with E-state index in [1.165, 1.54) is 0 Å². The van der Waals surface area contributed by atoms with E-state index in [1.54, 1.807) is 0 Å². The van der Waals surface area contributed by atoms with Gasteiger partial charge in [-0.2, -0.15) is 0 Å². The molecule has 2 rings (SSSR count). The number of hydrogen-bond acceptors (Lipinski definition) is 3. The number of hydrogen-bond donors (Lipinski definition) is 3. The SMILES string of the molecule is Cc1cc(C)c(O)c(NC(=O)C2CCC(CN)CC2)c1. The third kappa shape index (κ3) is 3.31. The molecule has 1 fully saturated rings. The fourth-order valence-corrected chi connectivity index (χ4v) is 2.95. The fraction of sp³-hybridized carbons (Fsp3) is 0.562. The monoisotopic (exact) mass is 276 g/mol. The van der Waals surface area contributed by atoms with Crippen LogP contribution in [0.2, 0.25) is 0 Å². The summed E-state index contributed by atoms with van der Waals surface area (Å²) in [6.45, 7) is 4.51. The van der Waals surface area contributed by atoms with Crippen LogP contribution in [-0.2, 0) is 4.79 Å². The molecule has 0 spiro atoms. The second-order valence-corrected chi connectivity index (χ2v) is 5.92. The van der Waals surface area contributed by atoms with Gasteiger partial charge in [0.1, 0.15) is 5.75 Å². The second kappa shape index (κ2) is 6.27. The molecule has 1 aromatic carbocycles. The van der Waals surface area contributed by atoms with E-state index in [4.69, 9.17) is 5.73 Å². The van der Waals surface area contributed by atoms with Gasteiger partial charge in [0.2, 0.25) is 5.91 Å². The first-order valence-electron chi connectivity index (χ1n) is 7.32. The molecule has 0 heterocycles. The van der Waals surface area contributed by atoms with Crippen LogP contribution in [0.15, 0.2) is 12.1 Å². The number of carbonyl (C=O) groups excluding carboxylic acids is 1. The molecule has 1 amide bonds. The molecule has 0 saturated heterocycles. The fourth-order valence-electron chi connectivity index (χ4n) is 2.95. The maximum atomic E-state index is 12.3. The number of benzene rings is 1. The maximum absolute atomic E-state index is 12.3. The van der Waals surface area contributed by atoms with E-state index < -0.39 is 0 Å². The number of phenols is 1. The third-order valence-corrected chi connectivity index (χ3v) is 4.25. The summed E-state index contributed by atoms with van der Waals surface area (Å²) in [5.41, 5.74) is 8.00. The summed E-state index contributed by atoms with van der Waals surface area (Å²) < 4.78 is 0. The average Bonchev–Trinajstić information content (AvgIpc) is 2.44. The maximum Gasteiger partial charge on any atom is 0.227 e. The normalized spacial score (nSPS) is 22.6. The van der Waals surface area contributed by atoms with Crippen LogP contribution in [0.3, 0.4) is 0 Å². The number of anilines is 1. The van der Waals surface area contributed by atoms with Gasteiger partial charge in [-0.3, -0.25) is 4.79 Å². The zero-order chi connectivity index (χ0) is 14.7. The van der Waals surface area contributed by atoms with E-state index in [9.17, 15) is 9.90 Å². The van der Waals surface area contributed by atoms with Crippen molar-refractivity contribution in [2.45, 2.75) is 39.5 Å². The number of amides is 1. The van der Waals surface area contributed by atoms with Crippen LogP contribution in [0.4, 0.5) is 5.69 Å². The lowest BCUT2D eigenvalue weighted by atomic mass is 9.81. The highest BCUT2D eigenvalue weighted by molar-refractivity contribution is 5.94. The summed E-state index contributed by atoms with van der Waals surface area (Å²) in [5, 5.41) is 12.9. The van der Waals surface area contributed by atoms with Gasteiger partial charge in [-0.25, -0.2) is 0 Å². The van der Waals surface area contributed by atoms with Crippen LogP contribution in [0.1, 0.15) is 36.8 Å². The van der Waals surface area contributed by atoms with E-state index in [2.05, 4.69) is 5.32 Å². The Morgan fingerprint density at radius 2 is 1.95 bits per heavy atom. The Labute approximate surface area is 120 Å². The highest BCUT2D eigenvalue weighted by Crippen LogP contribution is 2.32. The van der Waals surface area contributed by atoms with Crippen molar-refractivity contribution in [2.75, 3.05) is 11.9 Å². The van der Waals surface area contributed by atoms with Gasteiger partial charge in [0.25, 0.3) is 0 Å². The molecular formula is C16H24N2O2. The number of nitrogens with one attached hydrogen (secondary N) is 1. The van der Waals surface area contributed by atoms with Gasteiger partial charge in [0, 0.05) is 5.92 Å². The smallest absolute Gasteiger partial charge is 0.227 e. The molecule has 1 aliphatic carbocycles. The largest absolute Gasteiger partial charge is 0.505 e. The van der Waals surface area contributed by atoms with Crippen LogP contribution < -0.4 is 11.1 Å². The predicted molar refractivity (Wildman–Crippen MR) is 80.7 cm³/mol. The zero-order valence-electron chi connectivity index (χ0n) is 12.3. The van der Waals surface area contributed by atoms with Crippen molar-refractivity contribution in [2.24, 2.45) is 17.6 Å². The van der Waals surface area contributed by atoms with E-state index in [-0.39, 0.29) is 17.6 Å². The molecule has 0 bridgehead atoms. The first kappa shape index (κ1) is 14.9. The Kier molecular flexibility index (Phi) is 4.65. The first-order chi connectivity index (χ1) is 9.51. The molecule has 0 aliphatic heterocycles. The van der Waals surface area contributed by atoms with Gasteiger partial charge in [0.15, 0.2) is 0 Å². The molecule has 0 radical (unpaired) electrons. The lowest BCUT2D eigenvalue weighted by molar-refractivity contribution is -0.121. The van der Waals surface area contributed by atoms with Crippen LogP contribution in [-0.4, -0.2) is 17.6 Å². The van der Waals surface area contributed by atoms with Crippen molar-refractivity contribution in [3.05, 3.63) is 23.3 Å². The summed E-state index contributed by atoms with van der Waals surface area (Å²) in [6.07, 6.45) is 3.82. The van der Waals surface area contributed by atoms with Crippen molar-refractivity contribution in [1.82, 2.24) is 0 Å². The van der Waals surface area contributed by atoms with Crippen molar-refractivity contribution in [1.29, 1.82) is 0 Å². The number of nitrogens with two attached hydrogens (primary N) is 1. The molecule has 0 unspecified atom stereocenters. The minimum Gasteiger partial charge on any atom is -0.505 e. The van der Waals surface area contributed by atoms with Gasteiger partial charge in [-0.15, -0.1) is 0 Å². The number of carbonyl (C=O) groups is 1. The quantitative estimate of drug-likeness (QED) is 0.743. The minimum absolute atomic E-state index is 0.0146. The van der Waals surface area contributed by atoms with Crippen molar-refractivity contribution < 1.29 is 9.90 Å². The number of rotatable bonds is 3. The Bertz CT molecular complexity index is 491. The van der Waals surface area contributed by atoms with E-state index >= 15 is 0 Å². The first-order valence-corrected chi connectivity index (χ1v) is 7.32. The molecule has 4 heteroatoms. The van der Waals surface area contributed by atoms with E-state index in [0.29, 0.717) is 18.2 Å². The predicted octanol–water partition coefficient (Wildman–Crippen LogP) is 2.71. The molecule has 0 atom stereocenters. The standard InChI is InChI=1S/C16H24N2O2/c1-10-7-11(2)15(19)14(8-10)18-16(20)13-5-3-12(9-17)4-6-13/h7-8,12-13,19H,3-6,9,17H2,1-2H3,(H,18,20). The summed E-state index contributed by atoms with van der Waals surface area (Å²) in [5.74, 6) is 0.784. The van der Waals surface area contributed by atoms with Crippen LogP contribution in [0.25, 0.3) is 0 Å². The van der Waals surface area contributed by atoms with E-state index in [1.807, 2.05) is 26.0 Å².